The maximum absolute atomic E-state index is 11.8. The highest BCUT2D eigenvalue weighted by atomic mass is 16.5. The summed E-state index contributed by atoms with van der Waals surface area (Å²) in [5, 5.41) is 9.74. The second kappa shape index (κ2) is 6.63. The predicted octanol–water partition coefficient (Wildman–Crippen LogP) is 3.17. The zero-order chi connectivity index (χ0) is 17.3. The van der Waals surface area contributed by atoms with Crippen LogP contribution in [-0.2, 0) is 11.3 Å². The number of hydrogen-bond acceptors (Lipinski definition) is 4. The van der Waals surface area contributed by atoms with Crippen LogP contribution in [0.5, 0.6) is 11.5 Å². The Bertz CT molecular complexity index is 615. The van der Waals surface area contributed by atoms with Gasteiger partial charge in [-0.2, -0.15) is 0 Å². The van der Waals surface area contributed by atoms with Crippen LogP contribution in [0.2, 0.25) is 0 Å². The van der Waals surface area contributed by atoms with Gasteiger partial charge in [-0.15, -0.1) is 0 Å². The molecule has 1 aromatic rings. The van der Waals surface area contributed by atoms with Crippen molar-refractivity contribution in [1.29, 1.82) is 0 Å². The van der Waals surface area contributed by atoms with Crippen molar-refractivity contribution in [2.75, 3.05) is 20.2 Å². The second-order valence-electron chi connectivity index (χ2n) is 7.34. The lowest BCUT2D eigenvalue weighted by Gasteiger charge is -2.24. The van der Waals surface area contributed by atoms with Crippen molar-refractivity contribution in [3.8, 4) is 11.5 Å². The van der Waals surface area contributed by atoms with Crippen LogP contribution in [-0.4, -0.2) is 42.3 Å². The van der Waals surface area contributed by atoms with Crippen LogP contribution < -0.4 is 9.47 Å². The molecule has 0 bridgehead atoms. The molecule has 1 aliphatic carbocycles. The fourth-order valence-corrected chi connectivity index (χ4v) is 4.32. The number of carboxylic acids is 1. The first kappa shape index (κ1) is 17.1. The predicted molar refractivity (Wildman–Crippen MR) is 91.4 cm³/mol. The fourth-order valence-electron chi connectivity index (χ4n) is 4.32. The summed E-state index contributed by atoms with van der Waals surface area (Å²) in [4.78, 5) is 14.1. The number of aliphatic carboxylic acids is 1. The van der Waals surface area contributed by atoms with Crippen LogP contribution in [0.25, 0.3) is 0 Å². The standard InChI is InChI=1S/C19H27NO4/c1-13(2)24-17-14(6-4-8-16(17)23-3)10-20-11-15-7-5-9-19(15,12-20)18(21)22/h4,6,8,13,15H,5,7,9-12H2,1-3H3,(H,21,22)/t15-,19+/m0/s1. The van der Waals surface area contributed by atoms with E-state index in [-0.39, 0.29) is 12.0 Å². The molecule has 3 rings (SSSR count). The summed E-state index contributed by atoms with van der Waals surface area (Å²) in [5.41, 5.74) is 0.515. The van der Waals surface area contributed by atoms with Crippen LogP contribution in [0, 0.1) is 11.3 Å². The summed E-state index contributed by atoms with van der Waals surface area (Å²) in [5.74, 6) is 1.15. The molecule has 5 nitrogen and oxygen atoms in total. The van der Waals surface area contributed by atoms with Gasteiger partial charge in [0.1, 0.15) is 0 Å². The largest absolute Gasteiger partial charge is 0.493 e. The van der Waals surface area contributed by atoms with Crippen molar-refractivity contribution in [3.63, 3.8) is 0 Å². The maximum atomic E-state index is 11.8. The molecule has 2 aliphatic rings. The summed E-state index contributed by atoms with van der Waals surface area (Å²) in [7, 11) is 1.64. The number of ether oxygens (including phenoxy) is 2. The molecule has 132 valence electrons. The van der Waals surface area contributed by atoms with E-state index >= 15 is 0 Å². The number of carboxylic acid groups (broad SMARTS) is 1. The van der Waals surface area contributed by atoms with E-state index in [1.807, 2.05) is 32.0 Å². The highest BCUT2D eigenvalue weighted by Crippen LogP contribution is 2.49. The van der Waals surface area contributed by atoms with Gasteiger partial charge in [0.2, 0.25) is 0 Å². The van der Waals surface area contributed by atoms with E-state index in [1.165, 1.54) is 0 Å². The van der Waals surface area contributed by atoms with Gasteiger partial charge >= 0.3 is 5.97 Å². The Morgan fingerprint density at radius 3 is 2.88 bits per heavy atom. The number of likely N-dealkylation sites (tertiary alicyclic amines) is 1. The number of nitrogens with zero attached hydrogens (tertiary/aromatic N) is 1. The van der Waals surface area contributed by atoms with Gasteiger partial charge in [-0.3, -0.25) is 9.69 Å². The second-order valence-corrected chi connectivity index (χ2v) is 7.34. The van der Waals surface area contributed by atoms with Crippen molar-refractivity contribution < 1.29 is 19.4 Å². The lowest BCUT2D eigenvalue weighted by atomic mass is 9.81. The average Bonchev–Trinajstić information content (AvgIpc) is 3.06. The van der Waals surface area contributed by atoms with E-state index in [2.05, 4.69) is 4.90 Å². The molecule has 1 N–H and O–H groups in total. The molecule has 0 spiro atoms. The number of benzene rings is 1. The zero-order valence-corrected chi connectivity index (χ0v) is 14.7. The van der Waals surface area contributed by atoms with Gasteiger partial charge < -0.3 is 14.6 Å². The number of fused-ring (bicyclic) bond motifs is 1. The molecule has 0 unspecified atom stereocenters. The van der Waals surface area contributed by atoms with Gasteiger partial charge in [0.15, 0.2) is 11.5 Å². The minimum absolute atomic E-state index is 0.0587. The minimum atomic E-state index is -0.628. The molecule has 0 aromatic heterocycles. The molecule has 0 amide bonds. The Labute approximate surface area is 143 Å². The molecule has 2 atom stereocenters. The van der Waals surface area contributed by atoms with E-state index in [4.69, 9.17) is 9.47 Å². The van der Waals surface area contributed by atoms with Crippen molar-refractivity contribution in [2.45, 2.75) is 45.8 Å². The third kappa shape index (κ3) is 2.97. The highest BCUT2D eigenvalue weighted by molar-refractivity contribution is 5.76. The maximum Gasteiger partial charge on any atom is 0.311 e. The molecular weight excluding hydrogens is 306 g/mol. The van der Waals surface area contributed by atoms with Crippen molar-refractivity contribution in [2.24, 2.45) is 11.3 Å². The van der Waals surface area contributed by atoms with E-state index in [1.54, 1.807) is 7.11 Å². The van der Waals surface area contributed by atoms with E-state index in [9.17, 15) is 9.90 Å². The fraction of sp³-hybridized carbons (Fsp3) is 0.632. The molecule has 1 aromatic carbocycles. The van der Waals surface area contributed by atoms with Gasteiger partial charge in [-0.1, -0.05) is 18.6 Å². The molecule has 1 aliphatic heterocycles. The summed E-state index contributed by atoms with van der Waals surface area (Å²) >= 11 is 0. The lowest BCUT2D eigenvalue weighted by Crippen LogP contribution is -2.35. The number of methoxy groups -OCH3 is 1. The topological polar surface area (TPSA) is 59.0 Å². The molecule has 1 saturated carbocycles. The van der Waals surface area contributed by atoms with Gasteiger partial charge in [-0.25, -0.2) is 0 Å². The van der Waals surface area contributed by atoms with Crippen molar-refractivity contribution in [3.05, 3.63) is 23.8 Å². The summed E-state index contributed by atoms with van der Waals surface area (Å²) < 4.78 is 11.4. The normalized spacial score (nSPS) is 26.6. The molecular formula is C19H27NO4. The molecule has 5 heteroatoms. The minimum Gasteiger partial charge on any atom is -0.493 e. The Morgan fingerprint density at radius 2 is 2.25 bits per heavy atom. The van der Waals surface area contributed by atoms with Crippen LogP contribution in [0.1, 0.15) is 38.7 Å². The van der Waals surface area contributed by atoms with Crippen LogP contribution in [0.4, 0.5) is 0 Å². The summed E-state index contributed by atoms with van der Waals surface area (Å²) in [6, 6.07) is 5.91. The summed E-state index contributed by atoms with van der Waals surface area (Å²) in [6.07, 6.45) is 2.92. The molecule has 0 radical (unpaired) electrons. The van der Waals surface area contributed by atoms with Gasteiger partial charge in [0, 0.05) is 25.2 Å². The number of rotatable bonds is 6. The zero-order valence-electron chi connectivity index (χ0n) is 14.7. The Morgan fingerprint density at radius 1 is 1.46 bits per heavy atom. The highest BCUT2D eigenvalue weighted by Gasteiger charge is 2.54. The van der Waals surface area contributed by atoms with E-state index < -0.39 is 11.4 Å². The van der Waals surface area contributed by atoms with E-state index in [0.29, 0.717) is 13.1 Å². The monoisotopic (exact) mass is 333 g/mol. The Hall–Kier alpha value is -1.75. The Kier molecular flexibility index (Phi) is 4.72. The lowest BCUT2D eigenvalue weighted by molar-refractivity contribution is -0.149. The third-order valence-corrected chi connectivity index (χ3v) is 5.40. The van der Waals surface area contributed by atoms with Crippen molar-refractivity contribution in [1.82, 2.24) is 4.90 Å². The number of para-hydroxylation sites is 1. The SMILES string of the molecule is COc1cccc(CN2C[C@@H]3CCC[C@@]3(C(=O)O)C2)c1OC(C)C. The number of carbonyl (C=O) groups is 1. The van der Waals surface area contributed by atoms with Gasteiger partial charge in [0.05, 0.1) is 18.6 Å². The molecule has 24 heavy (non-hydrogen) atoms. The van der Waals surface area contributed by atoms with Crippen LogP contribution in [0.3, 0.4) is 0 Å². The van der Waals surface area contributed by atoms with Crippen molar-refractivity contribution >= 4 is 5.97 Å². The van der Waals surface area contributed by atoms with Gasteiger partial charge in [0.25, 0.3) is 0 Å². The number of hydrogen-bond donors (Lipinski definition) is 1. The first-order valence-corrected chi connectivity index (χ1v) is 8.74. The summed E-state index contributed by atoms with van der Waals surface area (Å²) in [6.45, 7) is 6.17. The van der Waals surface area contributed by atoms with Crippen LogP contribution in [0.15, 0.2) is 18.2 Å². The first-order valence-electron chi connectivity index (χ1n) is 8.74. The quantitative estimate of drug-likeness (QED) is 0.866. The first-order chi connectivity index (χ1) is 11.5. The third-order valence-electron chi connectivity index (χ3n) is 5.40. The van der Waals surface area contributed by atoms with E-state index in [0.717, 1.165) is 42.9 Å². The molecule has 1 saturated heterocycles. The smallest absolute Gasteiger partial charge is 0.311 e. The molecule has 2 fully saturated rings. The molecule has 1 heterocycles. The van der Waals surface area contributed by atoms with Gasteiger partial charge in [-0.05, 0) is 38.7 Å². The van der Waals surface area contributed by atoms with Crippen LogP contribution >= 0.6 is 0 Å². The Balaban J connectivity index is 1.81. The average molecular weight is 333 g/mol.